The molecular weight excluding hydrogens is 264 g/mol. The number of furan rings is 1. The van der Waals surface area contributed by atoms with E-state index < -0.39 is 8.32 Å². The second-order valence-electron chi connectivity index (χ2n) is 6.51. The van der Waals surface area contributed by atoms with Gasteiger partial charge in [-0.05, 0) is 29.1 Å². The average Bonchev–Trinajstić information content (AvgIpc) is 2.86. The topological polar surface area (TPSA) is 22.4 Å². The summed E-state index contributed by atoms with van der Waals surface area (Å²) >= 11 is 0. The highest BCUT2D eigenvalue weighted by molar-refractivity contribution is 6.77. The van der Waals surface area contributed by atoms with Gasteiger partial charge in [-0.2, -0.15) is 0 Å². The van der Waals surface area contributed by atoms with Crippen LogP contribution in [0.2, 0.25) is 16.6 Å². The number of hydrogen-bond acceptors (Lipinski definition) is 2. The highest BCUT2D eigenvalue weighted by Gasteiger charge is 2.46. The Bertz CT molecular complexity index is 371. The molecule has 0 saturated heterocycles. The Morgan fingerprint density at radius 3 is 2.05 bits per heavy atom. The molecule has 114 valence electrons. The zero-order chi connectivity index (χ0) is 15.3. The molecule has 1 rings (SSSR count). The monoisotopic (exact) mass is 294 g/mol. The van der Waals surface area contributed by atoms with Crippen LogP contribution in [0.1, 0.15) is 59.6 Å². The van der Waals surface area contributed by atoms with Gasteiger partial charge in [-0.1, -0.05) is 47.6 Å². The van der Waals surface area contributed by atoms with Crippen LogP contribution in [0.5, 0.6) is 0 Å². The minimum Gasteiger partial charge on any atom is -0.472 e. The largest absolute Gasteiger partial charge is 0.472 e. The standard InChI is InChI=1S/C17H30O2Si/c1-8-9-17(16-10-11-18-12-16)19-20(13(2)3,14(4)5)15(6)7/h8,10-15,17H,1,9H2,2-7H3. The predicted molar refractivity (Wildman–Crippen MR) is 88.4 cm³/mol. The first kappa shape index (κ1) is 17.2. The molecule has 20 heavy (non-hydrogen) atoms. The second-order valence-corrected chi connectivity index (χ2v) is 11.9. The Balaban J connectivity index is 3.11. The summed E-state index contributed by atoms with van der Waals surface area (Å²) in [6.45, 7) is 17.8. The summed E-state index contributed by atoms with van der Waals surface area (Å²) in [7, 11) is -1.87. The Morgan fingerprint density at radius 1 is 1.15 bits per heavy atom. The molecule has 2 nitrogen and oxygen atoms in total. The van der Waals surface area contributed by atoms with Crippen molar-refractivity contribution in [2.24, 2.45) is 0 Å². The number of hydrogen-bond donors (Lipinski definition) is 0. The van der Waals surface area contributed by atoms with E-state index >= 15 is 0 Å². The molecule has 1 aromatic heterocycles. The molecule has 1 unspecified atom stereocenters. The fraction of sp³-hybridized carbons (Fsp3) is 0.647. The summed E-state index contributed by atoms with van der Waals surface area (Å²) in [5.74, 6) is 0. The van der Waals surface area contributed by atoms with Gasteiger partial charge >= 0.3 is 0 Å². The van der Waals surface area contributed by atoms with Crippen molar-refractivity contribution in [2.75, 3.05) is 0 Å². The molecule has 0 aliphatic carbocycles. The SMILES string of the molecule is C=CCC(O[Si](C(C)C)(C(C)C)C(C)C)c1ccoc1. The first-order valence-corrected chi connectivity index (χ1v) is 9.81. The van der Waals surface area contributed by atoms with Crippen LogP contribution in [0.15, 0.2) is 35.7 Å². The fourth-order valence-corrected chi connectivity index (χ4v) is 9.06. The van der Waals surface area contributed by atoms with Gasteiger partial charge in [0.05, 0.1) is 18.6 Å². The molecule has 0 saturated carbocycles. The molecule has 0 spiro atoms. The summed E-state index contributed by atoms with van der Waals surface area (Å²) in [6, 6.07) is 2.01. The predicted octanol–water partition coefficient (Wildman–Crippen LogP) is 6.09. The normalized spacial score (nSPS) is 14.2. The summed E-state index contributed by atoms with van der Waals surface area (Å²) < 4.78 is 12.1. The molecule has 1 aromatic rings. The third-order valence-electron chi connectivity index (χ3n) is 4.35. The minimum absolute atomic E-state index is 0.0742. The van der Waals surface area contributed by atoms with Gasteiger partial charge in [0.1, 0.15) is 0 Å². The molecule has 3 heteroatoms. The van der Waals surface area contributed by atoms with Gasteiger partial charge in [0.15, 0.2) is 0 Å². The molecule has 0 aliphatic rings. The summed E-state index contributed by atoms with van der Waals surface area (Å²) in [5, 5.41) is 0. The highest BCUT2D eigenvalue weighted by atomic mass is 28.4. The van der Waals surface area contributed by atoms with Gasteiger partial charge in [-0.15, -0.1) is 6.58 Å². The van der Waals surface area contributed by atoms with E-state index in [1.54, 1.807) is 12.5 Å². The third-order valence-corrected chi connectivity index (χ3v) is 10.5. The van der Waals surface area contributed by atoms with Crippen LogP contribution >= 0.6 is 0 Å². The maximum atomic E-state index is 6.81. The van der Waals surface area contributed by atoms with E-state index in [4.69, 9.17) is 8.84 Å². The number of rotatable bonds is 8. The maximum absolute atomic E-state index is 6.81. The van der Waals surface area contributed by atoms with E-state index in [1.165, 1.54) is 0 Å². The van der Waals surface area contributed by atoms with Gasteiger partial charge < -0.3 is 8.84 Å². The lowest BCUT2D eigenvalue weighted by Gasteiger charge is -2.44. The smallest absolute Gasteiger partial charge is 0.201 e. The molecule has 0 aromatic carbocycles. The second kappa shape index (κ2) is 7.28. The van der Waals surface area contributed by atoms with Gasteiger partial charge in [-0.3, -0.25) is 0 Å². The van der Waals surface area contributed by atoms with Crippen LogP contribution in [0.25, 0.3) is 0 Å². The van der Waals surface area contributed by atoms with Crippen molar-refractivity contribution in [3.8, 4) is 0 Å². The van der Waals surface area contributed by atoms with Crippen LogP contribution < -0.4 is 0 Å². The Kier molecular flexibility index (Phi) is 6.27. The van der Waals surface area contributed by atoms with E-state index in [0.29, 0.717) is 16.6 Å². The zero-order valence-corrected chi connectivity index (χ0v) is 14.8. The van der Waals surface area contributed by atoms with Gasteiger partial charge in [0.2, 0.25) is 8.32 Å². The van der Waals surface area contributed by atoms with Gasteiger partial charge in [-0.25, -0.2) is 0 Å². The Labute approximate surface area is 125 Å². The first-order valence-electron chi connectivity index (χ1n) is 7.67. The van der Waals surface area contributed by atoms with Crippen LogP contribution in [-0.2, 0) is 4.43 Å². The summed E-state index contributed by atoms with van der Waals surface area (Å²) in [6.07, 6.45) is 6.37. The summed E-state index contributed by atoms with van der Waals surface area (Å²) in [4.78, 5) is 0. The van der Waals surface area contributed by atoms with Crippen LogP contribution in [0.4, 0.5) is 0 Å². The molecule has 0 aliphatic heterocycles. The minimum atomic E-state index is -1.87. The lowest BCUT2D eigenvalue weighted by molar-refractivity contribution is 0.178. The highest BCUT2D eigenvalue weighted by Crippen LogP contribution is 2.45. The van der Waals surface area contributed by atoms with E-state index in [0.717, 1.165) is 12.0 Å². The quantitative estimate of drug-likeness (QED) is 0.427. The van der Waals surface area contributed by atoms with Crippen molar-refractivity contribution in [1.29, 1.82) is 0 Å². The van der Waals surface area contributed by atoms with Gasteiger partial charge in [0, 0.05) is 5.56 Å². The molecular formula is C17H30O2Si. The summed E-state index contributed by atoms with van der Waals surface area (Å²) in [5.41, 5.74) is 2.88. The van der Waals surface area contributed by atoms with E-state index in [9.17, 15) is 0 Å². The maximum Gasteiger partial charge on any atom is 0.201 e. The van der Waals surface area contributed by atoms with Gasteiger partial charge in [0.25, 0.3) is 0 Å². The Morgan fingerprint density at radius 2 is 1.70 bits per heavy atom. The molecule has 0 radical (unpaired) electrons. The lowest BCUT2D eigenvalue weighted by Crippen LogP contribution is -2.48. The van der Waals surface area contributed by atoms with E-state index in [1.807, 2.05) is 12.1 Å². The zero-order valence-electron chi connectivity index (χ0n) is 13.8. The lowest BCUT2D eigenvalue weighted by atomic mass is 10.1. The van der Waals surface area contributed by atoms with Crippen molar-refractivity contribution < 1.29 is 8.84 Å². The van der Waals surface area contributed by atoms with E-state index in [-0.39, 0.29) is 6.10 Å². The van der Waals surface area contributed by atoms with Crippen molar-refractivity contribution in [2.45, 2.75) is 70.7 Å². The molecule has 1 atom stereocenters. The average molecular weight is 295 g/mol. The van der Waals surface area contributed by atoms with Crippen LogP contribution in [0.3, 0.4) is 0 Å². The third kappa shape index (κ3) is 3.44. The van der Waals surface area contributed by atoms with Crippen molar-refractivity contribution in [3.05, 3.63) is 36.8 Å². The molecule has 1 heterocycles. The van der Waals surface area contributed by atoms with Crippen molar-refractivity contribution in [1.82, 2.24) is 0 Å². The van der Waals surface area contributed by atoms with Crippen LogP contribution in [-0.4, -0.2) is 8.32 Å². The van der Waals surface area contributed by atoms with Crippen molar-refractivity contribution in [3.63, 3.8) is 0 Å². The molecule has 0 fully saturated rings. The first-order chi connectivity index (χ1) is 9.36. The molecule has 0 bridgehead atoms. The molecule has 0 N–H and O–H groups in total. The van der Waals surface area contributed by atoms with Crippen LogP contribution in [0, 0.1) is 0 Å². The van der Waals surface area contributed by atoms with Crippen molar-refractivity contribution >= 4 is 8.32 Å². The Hall–Kier alpha value is -0.803. The fourth-order valence-electron chi connectivity index (χ4n) is 3.52. The molecule has 0 amide bonds. The van der Waals surface area contributed by atoms with E-state index in [2.05, 4.69) is 48.1 Å².